The smallest absolute Gasteiger partial charge is 0.435 e. The molecule has 0 saturated heterocycles. The van der Waals surface area contributed by atoms with Crippen LogP contribution in [0.4, 0.5) is 17.6 Å². The molecule has 0 aliphatic rings. The molecular weight excluding hydrogens is 280 g/mol. The van der Waals surface area contributed by atoms with E-state index >= 15 is 0 Å². The predicted molar refractivity (Wildman–Crippen MR) is 59.7 cm³/mol. The van der Waals surface area contributed by atoms with Crippen LogP contribution in [0.5, 0.6) is 0 Å². The van der Waals surface area contributed by atoms with Gasteiger partial charge in [-0.1, -0.05) is 18.2 Å². The minimum atomic E-state index is -4.76. The second-order valence-corrected chi connectivity index (χ2v) is 3.97. The zero-order valence-corrected chi connectivity index (χ0v) is 9.86. The van der Waals surface area contributed by atoms with Crippen LogP contribution < -0.4 is 0 Å². The van der Waals surface area contributed by atoms with Crippen molar-refractivity contribution < 1.29 is 27.5 Å². The Balaban J connectivity index is 2.43. The Labute approximate surface area is 110 Å². The normalized spacial score (nSPS) is 11.6. The molecule has 8 heteroatoms. The fraction of sp³-hybridized carbons (Fsp3) is 0.167. The minimum absolute atomic E-state index is 0.0480. The Morgan fingerprint density at radius 3 is 2.50 bits per heavy atom. The Morgan fingerprint density at radius 1 is 1.30 bits per heavy atom. The van der Waals surface area contributed by atoms with Crippen LogP contribution in [-0.2, 0) is 12.7 Å². The zero-order valence-electron chi connectivity index (χ0n) is 9.86. The van der Waals surface area contributed by atoms with Crippen molar-refractivity contribution in [1.29, 1.82) is 0 Å². The van der Waals surface area contributed by atoms with Crippen LogP contribution in [0.25, 0.3) is 0 Å². The average Bonchev–Trinajstić information content (AvgIpc) is 2.76. The third kappa shape index (κ3) is 2.79. The van der Waals surface area contributed by atoms with Crippen molar-refractivity contribution >= 4 is 5.97 Å². The van der Waals surface area contributed by atoms with Crippen LogP contribution in [0.15, 0.2) is 30.3 Å². The van der Waals surface area contributed by atoms with E-state index in [4.69, 9.17) is 5.11 Å². The maximum Gasteiger partial charge on any atom is 0.435 e. The van der Waals surface area contributed by atoms with Gasteiger partial charge in [-0.25, -0.2) is 9.18 Å². The van der Waals surface area contributed by atoms with Crippen molar-refractivity contribution in [2.24, 2.45) is 0 Å². The number of halogens is 4. The van der Waals surface area contributed by atoms with E-state index in [2.05, 4.69) is 5.10 Å². The lowest BCUT2D eigenvalue weighted by molar-refractivity contribution is -0.141. The van der Waals surface area contributed by atoms with Gasteiger partial charge in [0.25, 0.3) is 0 Å². The maximum atomic E-state index is 13.4. The lowest BCUT2D eigenvalue weighted by Gasteiger charge is -2.06. The number of alkyl halides is 3. The van der Waals surface area contributed by atoms with E-state index in [-0.39, 0.29) is 5.56 Å². The highest BCUT2D eigenvalue weighted by molar-refractivity contribution is 5.85. The van der Waals surface area contributed by atoms with Crippen LogP contribution >= 0.6 is 0 Å². The van der Waals surface area contributed by atoms with E-state index < -0.39 is 35.9 Å². The Bertz CT molecular complexity index is 649. The number of carbonyl (C=O) groups is 1. The molecule has 0 atom stereocenters. The van der Waals surface area contributed by atoms with E-state index in [1.807, 2.05) is 0 Å². The largest absolute Gasteiger partial charge is 0.477 e. The summed E-state index contributed by atoms with van der Waals surface area (Å²) < 4.78 is 51.6. The van der Waals surface area contributed by atoms with Gasteiger partial charge >= 0.3 is 12.1 Å². The lowest BCUT2D eigenvalue weighted by Crippen LogP contribution is -2.12. The first-order valence-corrected chi connectivity index (χ1v) is 5.41. The van der Waals surface area contributed by atoms with Crippen molar-refractivity contribution in [2.75, 3.05) is 0 Å². The third-order valence-electron chi connectivity index (χ3n) is 2.57. The first kappa shape index (κ1) is 14.0. The molecule has 0 bridgehead atoms. The molecule has 0 radical (unpaired) electrons. The third-order valence-corrected chi connectivity index (χ3v) is 2.57. The second-order valence-electron chi connectivity index (χ2n) is 3.97. The summed E-state index contributed by atoms with van der Waals surface area (Å²) in [7, 11) is 0. The molecule has 0 fully saturated rings. The Hall–Kier alpha value is -2.38. The monoisotopic (exact) mass is 288 g/mol. The molecule has 20 heavy (non-hydrogen) atoms. The lowest BCUT2D eigenvalue weighted by atomic mass is 10.2. The molecule has 4 nitrogen and oxygen atoms in total. The molecule has 1 aromatic heterocycles. The number of aromatic carboxylic acids is 1. The van der Waals surface area contributed by atoms with Gasteiger partial charge in [-0.3, -0.25) is 4.68 Å². The van der Waals surface area contributed by atoms with Crippen LogP contribution in [0.3, 0.4) is 0 Å². The summed E-state index contributed by atoms with van der Waals surface area (Å²) in [6, 6.07) is 5.80. The molecule has 0 saturated carbocycles. The zero-order chi connectivity index (χ0) is 14.9. The molecule has 1 N–H and O–H groups in total. The molecule has 0 amide bonds. The summed E-state index contributed by atoms with van der Waals surface area (Å²) in [6.45, 7) is -0.398. The molecule has 1 heterocycles. The van der Waals surface area contributed by atoms with Crippen LogP contribution in [-0.4, -0.2) is 20.9 Å². The number of rotatable bonds is 3. The number of nitrogens with zero attached hydrogens (tertiary/aromatic N) is 2. The van der Waals surface area contributed by atoms with Crippen LogP contribution in [0, 0.1) is 5.82 Å². The second kappa shape index (κ2) is 4.95. The van der Waals surface area contributed by atoms with Gasteiger partial charge < -0.3 is 5.11 Å². The summed E-state index contributed by atoms with van der Waals surface area (Å²) in [5.74, 6) is -2.21. The van der Waals surface area contributed by atoms with Gasteiger partial charge in [0, 0.05) is 11.6 Å². The first-order chi connectivity index (χ1) is 9.29. The molecule has 0 spiro atoms. The molecular formula is C12H8F4N2O2. The first-order valence-electron chi connectivity index (χ1n) is 5.41. The van der Waals surface area contributed by atoms with Crippen molar-refractivity contribution in [3.63, 3.8) is 0 Å². The van der Waals surface area contributed by atoms with Gasteiger partial charge in [-0.05, 0) is 6.07 Å². The predicted octanol–water partition coefficient (Wildman–Crippen LogP) is 2.79. The number of aromatic nitrogens is 2. The van der Waals surface area contributed by atoms with Crippen molar-refractivity contribution in [3.8, 4) is 0 Å². The van der Waals surface area contributed by atoms with Gasteiger partial charge in [0.2, 0.25) is 0 Å². The number of hydrogen-bond donors (Lipinski definition) is 1. The Kier molecular flexibility index (Phi) is 3.47. The molecule has 106 valence electrons. The summed E-state index contributed by atoms with van der Waals surface area (Å²) in [6.07, 6.45) is -4.76. The van der Waals surface area contributed by atoms with E-state index in [0.717, 1.165) is 6.07 Å². The van der Waals surface area contributed by atoms with Gasteiger partial charge in [-0.15, -0.1) is 0 Å². The number of carboxylic acid groups (broad SMARTS) is 1. The molecule has 2 aromatic rings. The standard InChI is InChI=1S/C12H8F4N2O2/c13-8-4-2-1-3-7(8)6-18-9(11(19)20)5-10(17-18)12(14,15)16/h1-5H,6H2,(H,19,20). The number of carboxylic acids is 1. The quantitative estimate of drug-likeness (QED) is 0.884. The van der Waals surface area contributed by atoms with Crippen LogP contribution in [0.1, 0.15) is 21.7 Å². The molecule has 2 rings (SSSR count). The fourth-order valence-corrected chi connectivity index (χ4v) is 1.64. The Morgan fingerprint density at radius 2 is 1.95 bits per heavy atom. The van der Waals surface area contributed by atoms with Gasteiger partial charge in [0.1, 0.15) is 11.5 Å². The van der Waals surface area contributed by atoms with E-state index in [0.29, 0.717) is 10.7 Å². The van der Waals surface area contributed by atoms with Gasteiger partial charge in [-0.2, -0.15) is 18.3 Å². The highest BCUT2D eigenvalue weighted by atomic mass is 19.4. The summed E-state index contributed by atoms with van der Waals surface area (Å²) >= 11 is 0. The topological polar surface area (TPSA) is 55.1 Å². The van der Waals surface area contributed by atoms with Crippen LogP contribution in [0.2, 0.25) is 0 Å². The van der Waals surface area contributed by atoms with Crippen molar-refractivity contribution in [1.82, 2.24) is 9.78 Å². The van der Waals surface area contributed by atoms with Crippen molar-refractivity contribution in [2.45, 2.75) is 12.7 Å². The highest BCUT2D eigenvalue weighted by Crippen LogP contribution is 2.28. The summed E-state index contributed by atoms with van der Waals surface area (Å²) in [5, 5.41) is 12.1. The van der Waals surface area contributed by atoms with E-state index in [9.17, 15) is 22.4 Å². The van der Waals surface area contributed by atoms with Crippen molar-refractivity contribution in [3.05, 3.63) is 53.1 Å². The summed E-state index contributed by atoms with van der Waals surface area (Å²) in [5.41, 5.74) is -1.93. The molecule has 1 aromatic carbocycles. The van der Waals surface area contributed by atoms with Gasteiger partial charge in [0.05, 0.1) is 6.54 Å². The van der Waals surface area contributed by atoms with Gasteiger partial charge in [0.15, 0.2) is 5.69 Å². The minimum Gasteiger partial charge on any atom is -0.477 e. The van der Waals surface area contributed by atoms with E-state index in [1.165, 1.54) is 18.2 Å². The molecule has 0 aliphatic carbocycles. The molecule has 0 unspecified atom stereocenters. The number of hydrogen-bond acceptors (Lipinski definition) is 2. The van der Waals surface area contributed by atoms with E-state index in [1.54, 1.807) is 0 Å². The fourth-order valence-electron chi connectivity index (χ4n) is 1.64. The highest BCUT2D eigenvalue weighted by Gasteiger charge is 2.35. The maximum absolute atomic E-state index is 13.4. The summed E-state index contributed by atoms with van der Waals surface area (Å²) in [4.78, 5) is 10.9. The average molecular weight is 288 g/mol. The molecule has 0 aliphatic heterocycles. The number of benzene rings is 1. The SMILES string of the molecule is O=C(O)c1cc(C(F)(F)F)nn1Cc1ccccc1F.